The van der Waals surface area contributed by atoms with Crippen LogP contribution in [-0.4, -0.2) is 29.7 Å². The van der Waals surface area contributed by atoms with E-state index in [2.05, 4.69) is 0 Å². The largest absolute Gasteiger partial charge is 0.390 e. The molecule has 3 rings (SSSR count). The van der Waals surface area contributed by atoms with Crippen molar-refractivity contribution in [3.05, 3.63) is 34.3 Å². The number of aliphatic hydroxyl groups is 1. The van der Waals surface area contributed by atoms with Crippen molar-refractivity contribution in [2.45, 2.75) is 50.4 Å². The summed E-state index contributed by atoms with van der Waals surface area (Å²) in [4.78, 5) is 0. The molecule has 1 saturated carbocycles. The second kappa shape index (κ2) is 5.30. The maximum atomic E-state index is 10.8. The van der Waals surface area contributed by atoms with Gasteiger partial charge < -0.3 is 14.6 Å². The molecule has 0 bridgehead atoms. The first-order chi connectivity index (χ1) is 9.50. The molecule has 1 heterocycles. The Morgan fingerprint density at radius 1 is 1.15 bits per heavy atom. The van der Waals surface area contributed by atoms with Crippen molar-refractivity contribution in [2.24, 2.45) is 0 Å². The fourth-order valence-electron chi connectivity index (χ4n) is 3.21. The minimum absolute atomic E-state index is 0.427. The van der Waals surface area contributed by atoms with E-state index in [4.69, 9.17) is 21.1 Å². The van der Waals surface area contributed by atoms with Crippen molar-refractivity contribution in [3.8, 4) is 0 Å². The summed E-state index contributed by atoms with van der Waals surface area (Å²) in [6.07, 6.45) is 3.50. The summed E-state index contributed by atoms with van der Waals surface area (Å²) in [6.45, 7) is 3.36. The van der Waals surface area contributed by atoms with Crippen molar-refractivity contribution in [1.29, 1.82) is 0 Å². The first-order valence-corrected chi connectivity index (χ1v) is 7.64. The fourth-order valence-corrected chi connectivity index (χ4v) is 3.51. The molecule has 1 aromatic carbocycles. The van der Waals surface area contributed by atoms with Crippen molar-refractivity contribution in [3.63, 3.8) is 0 Å². The standard InChI is InChI=1S/C16H21ClO3/c1-12-2-3-13(14(17)10-12)11-15(18)4-6-16(7-5-15)19-8-9-20-16/h2-3,10,18H,4-9,11H2,1H3. The highest BCUT2D eigenvalue weighted by atomic mass is 35.5. The van der Waals surface area contributed by atoms with E-state index in [-0.39, 0.29) is 0 Å². The smallest absolute Gasteiger partial charge is 0.168 e. The second-order valence-electron chi connectivity index (χ2n) is 6.10. The molecule has 0 radical (unpaired) electrons. The minimum atomic E-state index is -0.695. The zero-order valence-electron chi connectivity index (χ0n) is 11.8. The molecule has 110 valence electrons. The van der Waals surface area contributed by atoms with Gasteiger partial charge in [0, 0.05) is 24.3 Å². The van der Waals surface area contributed by atoms with Gasteiger partial charge in [-0.15, -0.1) is 0 Å². The van der Waals surface area contributed by atoms with E-state index < -0.39 is 11.4 Å². The SMILES string of the molecule is Cc1ccc(CC2(O)CCC3(CC2)OCCO3)c(Cl)c1. The Labute approximate surface area is 124 Å². The number of hydrogen-bond acceptors (Lipinski definition) is 3. The number of ether oxygens (including phenoxy) is 2. The molecular formula is C16H21ClO3. The fraction of sp³-hybridized carbons (Fsp3) is 0.625. The number of aryl methyl sites for hydroxylation is 1. The van der Waals surface area contributed by atoms with Gasteiger partial charge in [0.25, 0.3) is 0 Å². The summed E-state index contributed by atoms with van der Waals surface area (Å²) in [5.41, 5.74) is 1.46. The Morgan fingerprint density at radius 3 is 2.40 bits per heavy atom. The van der Waals surface area contributed by atoms with E-state index in [0.29, 0.717) is 32.5 Å². The summed E-state index contributed by atoms with van der Waals surface area (Å²) in [5, 5.41) is 11.5. The van der Waals surface area contributed by atoms with Crippen LogP contribution in [-0.2, 0) is 15.9 Å². The van der Waals surface area contributed by atoms with E-state index in [1.807, 2.05) is 25.1 Å². The van der Waals surface area contributed by atoms with Gasteiger partial charge >= 0.3 is 0 Å². The van der Waals surface area contributed by atoms with Crippen molar-refractivity contribution in [1.82, 2.24) is 0 Å². The highest BCUT2D eigenvalue weighted by Crippen LogP contribution is 2.42. The van der Waals surface area contributed by atoms with Gasteiger partial charge in [-0.1, -0.05) is 23.7 Å². The van der Waals surface area contributed by atoms with Crippen LogP contribution in [0.5, 0.6) is 0 Å². The highest BCUT2D eigenvalue weighted by molar-refractivity contribution is 6.31. The van der Waals surface area contributed by atoms with Crippen molar-refractivity contribution in [2.75, 3.05) is 13.2 Å². The molecule has 2 fully saturated rings. The third-order valence-corrected chi connectivity index (χ3v) is 4.84. The van der Waals surface area contributed by atoms with Crippen molar-refractivity contribution >= 4 is 11.6 Å². The van der Waals surface area contributed by atoms with Crippen LogP contribution in [0, 0.1) is 6.92 Å². The van der Waals surface area contributed by atoms with E-state index in [1.54, 1.807) is 0 Å². The molecule has 0 aromatic heterocycles. The lowest BCUT2D eigenvalue weighted by Crippen LogP contribution is -2.44. The van der Waals surface area contributed by atoms with Gasteiger partial charge in [0.1, 0.15) is 0 Å². The number of hydrogen-bond donors (Lipinski definition) is 1. The van der Waals surface area contributed by atoms with E-state index in [9.17, 15) is 5.11 Å². The van der Waals surface area contributed by atoms with Crippen LogP contribution in [0.4, 0.5) is 0 Å². The Balaban J connectivity index is 1.68. The Morgan fingerprint density at radius 2 is 1.80 bits per heavy atom. The molecule has 1 spiro atoms. The molecule has 1 N–H and O–H groups in total. The Hall–Kier alpha value is -0.610. The molecule has 3 nitrogen and oxygen atoms in total. The quantitative estimate of drug-likeness (QED) is 0.910. The second-order valence-corrected chi connectivity index (χ2v) is 6.51. The first-order valence-electron chi connectivity index (χ1n) is 7.26. The van der Waals surface area contributed by atoms with Crippen LogP contribution in [0.15, 0.2) is 18.2 Å². The summed E-state index contributed by atoms with van der Waals surface area (Å²) in [6, 6.07) is 6.01. The van der Waals surface area contributed by atoms with Gasteiger partial charge in [0.15, 0.2) is 5.79 Å². The third-order valence-electron chi connectivity index (χ3n) is 4.48. The Bertz CT molecular complexity index is 484. The molecule has 20 heavy (non-hydrogen) atoms. The maximum absolute atomic E-state index is 10.8. The van der Waals surface area contributed by atoms with E-state index in [1.165, 1.54) is 0 Å². The summed E-state index contributed by atoms with van der Waals surface area (Å²) < 4.78 is 11.4. The average Bonchev–Trinajstić information content (AvgIpc) is 2.87. The topological polar surface area (TPSA) is 38.7 Å². The van der Waals surface area contributed by atoms with Gasteiger partial charge in [-0.3, -0.25) is 0 Å². The van der Waals surface area contributed by atoms with Gasteiger partial charge in [-0.05, 0) is 37.0 Å². The zero-order chi connectivity index (χ0) is 14.2. The van der Waals surface area contributed by atoms with Gasteiger partial charge in [-0.25, -0.2) is 0 Å². The summed E-state index contributed by atoms with van der Waals surface area (Å²) in [5.74, 6) is -0.427. The molecule has 1 aliphatic carbocycles. The number of rotatable bonds is 2. The third kappa shape index (κ3) is 2.86. The van der Waals surface area contributed by atoms with Crippen molar-refractivity contribution < 1.29 is 14.6 Å². The molecule has 4 heteroatoms. The highest BCUT2D eigenvalue weighted by Gasteiger charge is 2.45. The maximum Gasteiger partial charge on any atom is 0.168 e. The van der Waals surface area contributed by atoms with Crippen LogP contribution in [0.3, 0.4) is 0 Å². The predicted octanol–water partition coefficient (Wildman–Crippen LogP) is 3.24. The molecule has 0 unspecified atom stereocenters. The number of halogens is 1. The molecule has 1 saturated heterocycles. The lowest BCUT2D eigenvalue weighted by atomic mass is 9.78. The van der Waals surface area contributed by atoms with Crippen LogP contribution in [0.25, 0.3) is 0 Å². The lowest BCUT2D eigenvalue weighted by Gasteiger charge is -2.40. The normalized spacial score (nSPS) is 24.1. The van der Waals surface area contributed by atoms with E-state index >= 15 is 0 Å². The van der Waals surface area contributed by atoms with E-state index in [0.717, 1.165) is 29.0 Å². The zero-order valence-corrected chi connectivity index (χ0v) is 12.6. The van der Waals surface area contributed by atoms with Crippen LogP contribution in [0.1, 0.15) is 36.8 Å². The van der Waals surface area contributed by atoms with Crippen LogP contribution >= 0.6 is 11.6 Å². The molecule has 1 aromatic rings. The average molecular weight is 297 g/mol. The first kappa shape index (κ1) is 14.3. The predicted molar refractivity (Wildman–Crippen MR) is 77.9 cm³/mol. The van der Waals surface area contributed by atoms with Crippen LogP contribution < -0.4 is 0 Å². The number of benzene rings is 1. The minimum Gasteiger partial charge on any atom is -0.390 e. The Kier molecular flexibility index (Phi) is 3.80. The van der Waals surface area contributed by atoms with Gasteiger partial charge in [0.2, 0.25) is 0 Å². The molecule has 0 atom stereocenters. The lowest BCUT2D eigenvalue weighted by molar-refractivity contribution is -0.202. The van der Waals surface area contributed by atoms with Gasteiger partial charge in [0.05, 0.1) is 18.8 Å². The molecule has 1 aliphatic heterocycles. The molecule has 2 aliphatic rings. The molecular weight excluding hydrogens is 276 g/mol. The monoisotopic (exact) mass is 296 g/mol. The van der Waals surface area contributed by atoms with Gasteiger partial charge in [-0.2, -0.15) is 0 Å². The summed E-state index contributed by atoms with van der Waals surface area (Å²) >= 11 is 6.27. The van der Waals surface area contributed by atoms with Crippen LogP contribution in [0.2, 0.25) is 5.02 Å². The summed E-state index contributed by atoms with van der Waals surface area (Å²) in [7, 11) is 0. The molecule has 0 amide bonds.